The lowest BCUT2D eigenvalue weighted by molar-refractivity contribution is -0.438. The number of nitrogens with one attached hydrogen (secondary N) is 2. The average Bonchev–Trinajstić information content (AvgIpc) is 3.58. The third-order valence-corrected chi connectivity index (χ3v) is 13.7. The molecule has 1 unspecified atom stereocenters. The number of carboxylic acid groups (broad SMARTS) is 1. The number of ether oxygens (including phenoxy) is 2. The van der Waals surface area contributed by atoms with Crippen LogP contribution in [0.25, 0.3) is 0 Å². The first-order valence-electron chi connectivity index (χ1n) is 22.0. The number of carboxylic acids is 1. The highest BCUT2D eigenvalue weighted by Gasteiger charge is 2.46. The summed E-state index contributed by atoms with van der Waals surface area (Å²) in [4.78, 5) is 37.4. The normalized spacial score (nSPS) is 17.6. The molecule has 2 heterocycles. The van der Waals surface area contributed by atoms with Gasteiger partial charge in [0.05, 0.1) is 28.4 Å². The molecule has 4 rings (SSSR count). The van der Waals surface area contributed by atoms with Gasteiger partial charge >= 0.3 is 5.97 Å². The number of rotatable bonds is 28. The van der Waals surface area contributed by atoms with Gasteiger partial charge in [0.15, 0.2) is 5.71 Å². The zero-order valence-electron chi connectivity index (χ0n) is 37.8. The summed E-state index contributed by atoms with van der Waals surface area (Å²) >= 11 is 0. The molecule has 0 saturated heterocycles. The van der Waals surface area contributed by atoms with E-state index in [1.54, 1.807) is 26.4 Å². The lowest BCUT2D eigenvalue weighted by atomic mass is 9.77. The fourth-order valence-corrected chi connectivity index (χ4v) is 9.62. The zero-order chi connectivity index (χ0) is 47.1. The van der Waals surface area contributed by atoms with Crippen molar-refractivity contribution in [3.8, 4) is 0 Å². The first kappa shape index (κ1) is 52.2. The lowest BCUT2D eigenvalue weighted by Crippen LogP contribution is -2.30. The van der Waals surface area contributed by atoms with E-state index in [1.807, 2.05) is 39.0 Å². The second kappa shape index (κ2) is 23.6. The lowest BCUT2D eigenvalue weighted by Gasteiger charge is -2.31. The van der Waals surface area contributed by atoms with Crippen molar-refractivity contribution in [1.29, 1.82) is 0 Å². The van der Waals surface area contributed by atoms with E-state index in [0.29, 0.717) is 115 Å². The average molecular weight is 930 g/mol. The highest BCUT2D eigenvalue weighted by molar-refractivity contribution is 7.86. The molecule has 0 radical (unpaired) electrons. The molecule has 0 bridgehead atoms. The van der Waals surface area contributed by atoms with Crippen LogP contribution in [0, 0.1) is 0 Å². The Labute approximate surface area is 378 Å². The number of benzene rings is 2. The fourth-order valence-electron chi connectivity index (χ4n) is 8.63. The quantitative estimate of drug-likeness (QED) is 0.0523. The molecule has 18 heteroatoms. The highest BCUT2D eigenvalue weighted by Crippen LogP contribution is 2.51. The highest BCUT2D eigenvalue weighted by atomic mass is 32.2. The molecule has 3 N–H and O–H groups in total. The standard InChI is InChI=1S/C46H66N4O12S2/c1-45(2)36-32-34(63(55,56)57)21-23-38(36)49(28-13-7-9-18-42(51)47-26-30-61-4)40(45)16-15-17-41-46(3,25-12-6-11-20-44(53)54)37-33-35(64(58,59)60)22-24-39(37)50(41)29-14-8-10-19-43(52)48-27-31-62-5/h15-17,21-24,32-33H,6-14,18-20,25-31H2,1-5H3,(H4-,47,48,51,52,53,54,55,56,57,58,59,60)/p-1. The van der Waals surface area contributed by atoms with Gasteiger partial charge < -0.3 is 39.2 Å². The van der Waals surface area contributed by atoms with Crippen molar-refractivity contribution in [3.63, 3.8) is 0 Å². The van der Waals surface area contributed by atoms with Gasteiger partial charge in [-0.1, -0.05) is 25.3 Å². The zero-order valence-corrected chi connectivity index (χ0v) is 39.4. The van der Waals surface area contributed by atoms with E-state index in [2.05, 4.69) is 20.1 Å². The molecular formula is C46H65N4O12S2-. The summed E-state index contributed by atoms with van der Waals surface area (Å²) in [5, 5.41) is 14.9. The Morgan fingerprint density at radius 2 is 1.30 bits per heavy atom. The number of methoxy groups -OCH3 is 2. The van der Waals surface area contributed by atoms with Crippen LogP contribution in [0.3, 0.4) is 0 Å². The maximum atomic E-state index is 12.4. The number of anilines is 1. The predicted octanol–water partition coefficient (Wildman–Crippen LogP) is 5.77. The van der Waals surface area contributed by atoms with Crippen molar-refractivity contribution in [1.82, 2.24) is 10.6 Å². The molecule has 16 nitrogen and oxygen atoms in total. The van der Waals surface area contributed by atoms with Crippen LogP contribution in [0.15, 0.2) is 70.1 Å². The predicted molar refractivity (Wildman–Crippen MR) is 241 cm³/mol. The maximum Gasteiger partial charge on any atom is 0.303 e. The minimum atomic E-state index is -4.80. The molecule has 2 aromatic rings. The number of hydrogen-bond donors (Lipinski definition) is 3. The molecule has 0 spiro atoms. The molecule has 0 aliphatic carbocycles. The van der Waals surface area contributed by atoms with E-state index in [0.717, 1.165) is 35.6 Å². The number of carbonyl (C=O) groups excluding carboxylic acids is 2. The van der Waals surface area contributed by atoms with Gasteiger partial charge in [-0.3, -0.25) is 14.4 Å². The Balaban J connectivity index is 1.73. The number of fused-ring (bicyclic) bond motifs is 2. The largest absolute Gasteiger partial charge is 0.744 e. The number of amides is 2. The van der Waals surface area contributed by atoms with Crippen LogP contribution in [0.5, 0.6) is 0 Å². The van der Waals surface area contributed by atoms with Crippen molar-refractivity contribution in [2.45, 2.75) is 125 Å². The molecule has 64 heavy (non-hydrogen) atoms. The van der Waals surface area contributed by atoms with Crippen molar-refractivity contribution in [3.05, 3.63) is 71.5 Å². The minimum absolute atomic E-state index is 0.0214. The molecule has 2 aliphatic rings. The van der Waals surface area contributed by atoms with Crippen LogP contribution in [0.4, 0.5) is 11.4 Å². The Kier molecular flexibility index (Phi) is 19.3. The van der Waals surface area contributed by atoms with E-state index in [9.17, 15) is 45.4 Å². The summed E-state index contributed by atoms with van der Waals surface area (Å²) in [6, 6.07) is 8.86. The van der Waals surface area contributed by atoms with Gasteiger partial charge in [0.2, 0.25) is 17.5 Å². The van der Waals surface area contributed by atoms with Crippen LogP contribution < -0.4 is 15.5 Å². The van der Waals surface area contributed by atoms with Crippen LogP contribution in [0.1, 0.15) is 115 Å². The van der Waals surface area contributed by atoms with Crippen molar-refractivity contribution in [2.75, 3.05) is 58.5 Å². The first-order valence-corrected chi connectivity index (χ1v) is 24.8. The summed E-state index contributed by atoms with van der Waals surface area (Å²) < 4.78 is 85.7. The number of carbonyl (C=O) groups is 3. The summed E-state index contributed by atoms with van der Waals surface area (Å²) in [6.45, 7) is 8.71. The van der Waals surface area contributed by atoms with Crippen molar-refractivity contribution < 1.29 is 59.5 Å². The van der Waals surface area contributed by atoms with E-state index >= 15 is 0 Å². The van der Waals surface area contributed by atoms with Crippen LogP contribution in [-0.4, -0.2) is 113 Å². The van der Waals surface area contributed by atoms with Gasteiger partial charge in [-0.2, -0.15) is 4.58 Å². The summed E-state index contributed by atoms with van der Waals surface area (Å²) in [6.07, 6.45) is 13.0. The molecule has 2 amide bonds. The number of unbranched alkanes of at least 4 members (excludes halogenated alkanes) is 6. The minimum Gasteiger partial charge on any atom is -0.744 e. The van der Waals surface area contributed by atoms with E-state index in [4.69, 9.17) is 9.47 Å². The third kappa shape index (κ3) is 14.0. The monoisotopic (exact) mass is 929 g/mol. The van der Waals surface area contributed by atoms with Crippen molar-refractivity contribution in [2.24, 2.45) is 0 Å². The van der Waals surface area contributed by atoms with Gasteiger partial charge in [0.1, 0.15) is 26.8 Å². The molecule has 0 saturated carbocycles. The second-order valence-electron chi connectivity index (χ2n) is 17.1. The molecule has 1 atom stereocenters. The van der Waals surface area contributed by atoms with Gasteiger partial charge in [0.25, 0.3) is 0 Å². The Bertz CT molecular complexity index is 2290. The fraction of sp³-hybridized carbons (Fsp3) is 0.565. The maximum absolute atomic E-state index is 12.4. The van der Waals surface area contributed by atoms with E-state index in [-0.39, 0.29) is 28.0 Å². The molecule has 0 fully saturated rings. The summed E-state index contributed by atoms with van der Waals surface area (Å²) in [7, 11) is -6.40. The number of hydrogen-bond acceptors (Lipinski definition) is 12. The van der Waals surface area contributed by atoms with Crippen LogP contribution in [-0.2, 0) is 54.9 Å². The number of nitrogens with zero attached hydrogens (tertiary/aromatic N) is 2. The molecule has 0 aromatic heterocycles. The summed E-state index contributed by atoms with van der Waals surface area (Å²) in [5.41, 5.74) is 3.01. The second-order valence-corrected chi connectivity index (χ2v) is 19.8. The van der Waals surface area contributed by atoms with Crippen LogP contribution >= 0.6 is 0 Å². The summed E-state index contributed by atoms with van der Waals surface area (Å²) in [5.74, 6) is -1.00. The van der Waals surface area contributed by atoms with Gasteiger partial charge in [-0.05, 0) is 101 Å². The van der Waals surface area contributed by atoms with Gasteiger partial charge in [0, 0.05) is 94.0 Å². The van der Waals surface area contributed by atoms with Gasteiger partial charge in [-0.15, -0.1) is 0 Å². The SMILES string of the molecule is COCCNC(=O)CCCCCN1/C(=C/C=C/C2=[N+](CCCCCC(=O)NCCOC)c3ccc(S(=O)(=O)[O-])cc3C2(C)C)C(C)(CCCCCC(=O)O)c2cc(S(=O)(=O)[O-])ccc21. The Hall–Kier alpha value is -4.46. The smallest absolute Gasteiger partial charge is 0.303 e. The van der Waals surface area contributed by atoms with E-state index in [1.165, 1.54) is 24.3 Å². The van der Waals surface area contributed by atoms with E-state index < -0.39 is 37.0 Å². The topological polar surface area (TPSA) is 235 Å². The number of aliphatic carboxylic acids is 1. The first-order chi connectivity index (χ1) is 30.2. The Morgan fingerprint density at radius 1 is 0.750 bits per heavy atom. The molecular weight excluding hydrogens is 865 g/mol. The molecule has 2 aliphatic heterocycles. The van der Waals surface area contributed by atoms with Crippen molar-refractivity contribution >= 4 is 55.1 Å². The Morgan fingerprint density at radius 3 is 1.88 bits per heavy atom. The molecule has 2 aromatic carbocycles. The molecule has 354 valence electrons. The third-order valence-electron chi connectivity index (χ3n) is 12.1. The van der Waals surface area contributed by atoms with Crippen LogP contribution in [0.2, 0.25) is 0 Å². The van der Waals surface area contributed by atoms with Gasteiger partial charge in [-0.25, -0.2) is 16.8 Å². The number of allylic oxidation sites excluding steroid dienone is 4.